The lowest BCUT2D eigenvalue weighted by molar-refractivity contribution is -0.113. The second-order valence-corrected chi connectivity index (χ2v) is 2.09. The summed E-state index contributed by atoms with van der Waals surface area (Å²) in [5.74, 6) is 0. The van der Waals surface area contributed by atoms with Gasteiger partial charge >= 0.3 is 0 Å². The average molecular weight is 145 g/mol. The Balaban J connectivity index is 2.07. The Labute approximate surface area is 59.5 Å². The van der Waals surface area contributed by atoms with Crippen LogP contribution in [0.15, 0.2) is 0 Å². The maximum atomic E-state index is 9.84. The highest BCUT2D eigenvalue weighted by Crippen LogP contribution is 1.97. The third-order valence-electron chi connectivity index (χ3n) is 1.31. The van der Waals surface area contributed by atoms with Gasteiger partial charge in [0.05, 0.1) is 25.9 Å². The van der Waals surface area contributed by atoms with Crippen molar-refractivity contribution in [3.05, 3.63) is 0 Å². The van der Waals surface area contributed by atoms with Gasteiger partial charge in [-0.3, -0.25) is 4.79 Å². The monoisotopic (exact) mass is 145 g/mol. The van der Waals surface area contributed by atoms with E-state index < -0.39 is 0 Å². The van der Waals surface area contributed by atoms with Crippen molar-refractivity contribution in [2.75, 3.05) is 26.4 Å². The first-order valence-corrected chi connectivity index (χ1v) is 3.30. The summed E-state index contributed by atoms with van der Waals surface area (Å²) in [5.41, 5.74) is 0. The number of amides is 1. The normalized spacial score (nSPS) is 25.8. The number of carbonyl (C=O) groups excluding carboxylic acids is 1. The van der Waals surface area contributed by atoms with E-state index in [1.807, 2.05) is 0 Å². The van der Waals surface area contributed by atoms with Gasteiger partial charge in [0.15, 0.2) is 0 Å². The summed E-state index contributed by atoms with van der Waals surface area (Å²) in [6, 6.07) is 0. The van der Waals surface area contributed by atoms with Crippen molar-refractivity contribution in [1.82, 2.24) is 5.32 Å². The van der Waals surface area contributed by atoms with Crippen molar-refractivity contribution in [2.45, 2.75) is 6.10 Å². The third kappa shape index (κ3) is 2.33. The Morgan fingerprint density at radius 3 is 3.10 bits per heavy atom. The number of hydrogen-bond acceptors (Lipinski definition) is 3. The van der Waals surface area contributed by atoms with Crippen molar-refractivity contribution >= 4 is 6.41 Å². The van der Waals surface area contributed by atoms with E-state index >= 15 is 0 Å². The predicted molar refractivity (Wildman–Crippen MR) is 34.6 cm³/mol. The van der Waals surface area contributed by atoms with Gasteiger partial charge in [-0.15, -0.1) is 0 Å². The fourth-order valence-corrected chi connectivity index (χ4v) is 0.834. The minimum Gasteiger partial charge on any atom is -0.376 e. The quantitative estimate of drug-likeness (QED) is 0.526. The van der Waals surface area contributed by atoms with Crippen LogP contribution >= 0.6 is 0 Å². The maximum Gasteiger partial charge on any atom is 0.207 e. The van der Waals surface area contributed by atoms with Gasteiger partial charge in [-0.2, -0.15) is 0 Å². The molecule has 1 atom stereocenters. The smallest absolute Gasteiger partial charge is 0.207 e. The summed E-state index contributed by atoms with van der Waals surface area (Å²) in [7, 11) is 0. The van der Waals surface area contributed by atoms with E-state index in [2.05, 4.69) is 5.32 Å². The molecule has 1 aliphatic rings. The van der Waals surface area contributed by atoms with Crippen LogP contribution in [-0.2, 0) is 14.3 Å². The zero-order valence-electron chi connectivity index (χ0n) is 5.71. The molecule has 4 heteroatoms. The van der Waals surface area contributed by atoms with Crippen molar-refractivity contribution in [3.8, 4) is 0 Å². The topological polar surface area (TPSA) is 47.6 Å². The summed E-state index contributed by atoms with van der Waals surface area (Å²) < 4.78 is 10.3. The molecule has 0 spiro atoms. The van der Waals surface area contributed by atoms with Gasteiger partial charge in [-0.1, -0.05) is 0 Å². The average Bonchev–Trinajstić information content (AvgIpc) is 2.03. The van der Waals surface area contributed by atoms with Crippen LogP contribution in [0.2, 0.25) is 0 Å². The van der Waals surface area contributed by atoms with Gasteiger partial charge < -0.3 is 14.8 Å². The van der Waals surface area contributed by atoms with E-state index in [0.717, 1.165) is 0 Å². The predicted octanol–water partition coefficient (Wildman–Crippen LogP) is -0.852. The van der Waals surface area contributed by atoms with Crippen molar-refractivity contribution in [1.29, 1.82) is 0 Å². The summed E-state index contributed by atoms with van der Waals surface area (Å²) in [5, 5.41) is 2.53. The number of rotatable bonds is 3. The minimum absolute atomic E-state index is 0.0407. The van der Waals surface area contributed by atoms with Crippen LogP contribution in [0.5, 0.6) is 0 Å². The Morgan fingerprint density at radius 2 is 2.50 bits per heavy atom. The zero-order valence-corrected chi connectivity index (χ0v) is 5.71. The Kier molecular flexibility index (Phi) is 3.18. The van der Waals surface area contributed by atoms with E-state index in [4.69, 9.17) is 9.47 Å². The number of carbonyl (C=O) groups is 1. The van der Waals surface area contributed by atoms with Crippen LogP contribution in [0.3, 0.4) is 0 Å². The molecule has 58 valence electrons. The summed E-state index contributed by atoms with van der Waals surface area (Å²) in [6.45, 7) is 2.42. The fraction of sp³-hybridized carbons (Fsp3) is 0.833. The molecule has 0 radical (unpaired) electrons. The molecule has 0 aromatic carbocycles. The van der Waals surface area contributed by atoms with Crippen molar-refractivity contribution in [2.24, 2.45) is 0 Å². The molecule has 1 aliphatic heterocycles. The highest BCUT2D eigenvalue weighted by molar-refractivity contribution is 5.45. The second kappa shape index (κ2) is 4.24. The lowest BCUT2D eigenvalue weighted by Crippen LogP contribution is -2.36. The highest BCUT2D eigenvalue weighted by Gasteiger charge is 2.12. The molecule has 0 aromatic rings. The van der Waals surface area contributed by atoms with E-state index in [-0.39, 0.29) is 6.10 Å². The van der Waals surface area contributed by atoms with Crippen LogP contribution in [0.1, 0.15) is 0 Å². The molecule has 1 fully saturated rings. The van der Waals surface area contributed by atoms with E-state index in [1.54, 1.807) is 0 Å². The molecule has 0 saturated carbocycles. The third-order valence-corrected chi connectivity index (χ3v) is 1.31. The number of hydrogen-bond donors (Lipinski definition) is 1. The highest BCUT2D eigenvalue weighted by atomic mass is 16.6. The fourth-order valence-electron chi connectivity index (χ4n) is 0.834. The molecular weight excluding hydrogens is 134 g/mol. The molecule has 1 unspecified atom stereocenters. The molecule has 0 bridgehead atoms. The summed E-state index contributed by atoms with van der Waals surface area (Å²) in [4.78, 5) is 9.84. The van der Waals surface area contributed by atoms with Gasteiger partial charge in [0.25, 0.3) is 0 Å². The molecule has 1 amide bonds. The molecule has 4 nitrogen and oxygen atoms in total. The molecular formula is C6H11NO3. The van der Waals surface area contributed by atoms with Crippen LogP contribution < -0.4 is 5.32 Å². The van der Waals surface area contributed by atoms with E-state index in [9.17, 15) is 4.79 Å². The molecule has 10 heavy (non-hydrogen) atoms. The summed E-state index contributed by atoms with van der Waals surface area (Å²) >= 11 is 0. The lowest BCUT2D eigenvalue weighted by Gasteiger charge is -2.22. The van der Waals surface area contributed by atoms with Crippen LogP contribution in [-0.4, -0.2) is 38.9 Å². The maximum absolute atomic E-state index is 9.84. The minimum atomic E-state index is 0.0407. The Morgan fingerprint density at radius 1 is 1.60 bits per heavy atom. The van der Waals surface area contributed by atoms with Crippen LogP contribution in [0.25, 0.3) is 0 Å². The van der Waals surface area contributed by atoms with Gasteiger partial charge in [-0.25, -0.2) is 0 Å². The van der Waals surface area contributed by atoms with E-state index in [1.165, 1.54) is 0 Å². The standard InChI is InChI=1S/C6H11NO3/c8-5-7-3-6-4-9-1-2-10-6/h5-6H,1-4H2,(H,7,8). The molecule has 1 rings (SSSR count). The summed E-state index contributed by atoms with van der Waals surface area (Å²) in [6.07, 6.45) is 0.705. The van der Waals surface area contributed by atoms with Gasteiger partial charge in [-0.05, 0) is 0 Å². The second-order valence-electron chi connectivity index (χ2n) is 2.09. The SMILES string of the molecule is O=CNCC1COCCO1. The Bertz CT molecular complexity index is 101. The van der Waals surface area contributed by atoms with E-state index in [0.29, 0.717) is 32.8 Å². The first-order chi connectivity index (χ1) is 4.93. The Hall–Kier alpha value is -0.610. The number of nitrogens with one attached hydrogen (secondary N) is 1. The zero-order chi connectivity index (χ0) is 7.23. The van der Waals surface area contributed by atoms with Crippen LogP contribution in [0.4, 0.5) is 0 Å². The van der Waals surface area contributed by atoms with Crippen LogP contribution in [0, 0.1) is 0 Å². The number of ether oxygens (including phenoxy) is 2. The molecule has 1 saturated heterocycles. The van der Waals surface area contributed by atoms with Crippen molar-refractivity contribution in [3.63, 3.8) is 0 Å². The van der Waals surface area contributed by atoms with Gasteiger partial charge in [0.2, 0.25) is 6.41 Å². The molecule has 0 aliphatic carbocycles. The molecule has 0 aromatic heterocycles. The molecule has 1 heterocycles. The first-order valence-electron chi connectivity index (χ1n) is 3.30. The van der Waals surface area contributed by atoms with Crippen molar-refractivity contribution < 1.29 is 14.3 Å². The molecule has 1 N–H and O–H groups in total. The first kappa shape index (κ1) is 7.50. The van der Waals surface area contributed by atoms with Gasteiger partial charge in [0.1, 0.15) is 0 Å². The lowest BCUT2D eigenvalue weighted by atomic mass is 10.3. The largest absolute Gasteiger partial charge is 0.376 e. The van der Waals surface area contributed by atoms with Gasteiger partial charge in [0, 0.05) is 6.54 Å².